The van der Waals surface area contributed by atoms with Gasteiger partial charge in [0.2, 0.25) is 0 Å². The maximum Gasteiger partial charge on any atom is 0.416 e. The summed E-state index contributed by atoms with van der Waals surface area (Å²) in [7, 11) is 0. The van der Waals surface area contributed by atoms with Crippen molar-refractivity contribution in [3.63, 3.8) is 0 Å². The number of carbonyl (C=O) groups is 1. The van der Waals surface area contributed by atoms with Gasteiger partial charge in [0.1, 0.15) is 0 Å². The summed E-state index contributed by atoms with van der Waals surface area (Å²) in [5.41, 5.74) is 0.967. The van der Waals surface area contributed by atoms with Crippen LogP contribution in [0.4, 0.5) is 35.2 Å². The van der Waals surface area contributed by atoms with Gasteiger partial charge in [0.25, 0.3) is 0 Å². The molecule has 2 N–H and O–H groups in total. The lowest BCUT2D eigenvalue weighted by molar-refractivity contribution is -0.137. The number of nitrogens with one attached hydrogen (secondary N) is 1. The van der Waals surface area contributed by atoms with Gasteiger partial charge in [0.15, 0.2) is 5.82 Å². The van der Waals surface area contributed by atoms with Gasteiger partial charge < -0.3 is 15.3 Å². The highest BCUT2D eigenvalue weighted by atomic mass is 19.4. The van der Waals surface area contributed by atoms with Crippen molar-refractivity contribution in [3.8, 4) is 11.3 Å². The minimum Gasteiger partial charge on any atom is -0.389 e. The molecule has 1 aromatic carbocycles. The molecule has 2 amide bonds. The van der Waals surface area contributed by atoms with Gasteiger partial charge in [0.05, 0.1) is 29.1 Å². The molecular formula is C22H18F3N5O2. The molecule has 0 spiro atoms. The van der Waals surface area contributed by atoms with Crippen LogP contribution in [0.2, 0.25) is 0 Å². The van der Waals surface area contributed by atoms with Gasteiger partial charge in [-0.2, -0.15) is 13.2 Å². The molecule has 2 aromatic heterocycles. The molecule has 10 heteroatoms. The number of urea groups is 1. The lowest BCUT2D eigenvalue weighted by atomic mass is 10.1. The number of benzene rings is 1. The number of pyridine rings is 2. The number of alkyl halides is 3. The monoisotopic (exact) mass is 441 g/mol. The van der Waals surface area contributed by atoms with Gasteiger partial charge in [-0.25, -0.2) is 9.78 Å². The first-order valence-corrected chi connectivity index (χ1v) is 9.93. The van der Waals surface area contributed by atoms with Crippen molar-refractivity contribution in [2.45, 2.75) is 18.3 Å². The van der Waals surface area contributed by atoms with E-state index >= 15 is 0 Å². The second-order valence-electron chi connectivity index (χ2n) is 7.69. The quantitative estimate of drug-likeness (QED) is 0.633. The van der Waals surface area contributed by atoms with E-state index in [2.05, 4.69) is 15.3 Å². The number of aromatic nitrogens is 2. The molecule has 5 rings (SSSR count). The van der Waals surface area contributed by atoms with Crippen LogP contribution in [0.1, 0.15) is 5.56 Å². The number of carbonyl (C=O) groups excluding carboxylic acids is 1. The Hall–Kier alpha value is -3.66. The Morgan fingerprint density at radius 1 is 1.09 bits per heavy atom. The third kappa shape index (κ3) is 3.52. The molecule has 0 saturated carbocycles. The lowest BCUT2D eigenvalue weighted by Gasteiger charge is -2.36. The molecule has 3 aromatic rings. The van der Waals surface area contributed by atoms with Crippen molar-refractivity contribution in [3.05, 3.63) is 66.5 Å². The van der Waals surface area contributed by atoms with Gasteiger partial charge in [-0.15, -0.1) is 0 Å². The predicted molar refractivity (Wildman–Crippen MR) is 112 cm³/mol. The highest BCUT2D eigenvalue weighted by molar-refractivity contribution is 6.04. The first-order valence-electron chi connectivity index (χ1n) is 9.93. The molecule has 7 nitrogen and oxygen atoms in total. The van der Waals surface area contributed by atoms with Crippen LogP contribution < -0.4 is 15.1 Å². The van der Waals surface area contributed by atoms with E-state index in [-0.39, 0.29) is 5.56 Å². The summed E-state index contributed by atoms with van der Waals surface area (Å²) >= 11 is 0. The molecular weight excluding hydrogens is 423 g/mol. The van der Waals surface area contributed by atoms with E-state index in [1.54, 1.807) is 24.3 Å². The largest absolute Gasteiger partial charge is 0.416 e. The molecule has 32 heavy (non-hydrogen) atoms. The highest BCUT2D eigenvalue weighted by Gasteiger charge is 2.45. The number of anilines is 3. The molecule has 164 valence electrons. The number of aliphatic hydroxyl groups is 1. The normalized spacial score (nSPS) is 19.6. The third-order valence-electron chi connectivity index (χ3n) is 5.65. The predicted octanol–water partition coefficient (Wildman–Crippen LogP) is 3.76. The number of amides is 2. The summed E-state index contributed by atoms with van der Waals surface area (Å²) in [6.45, 7) is 0.768. The molecule has 1 unspecified atom stereocenters. The second-order valence-corrected chi connectivity index (χ2v) is 7.69. The Bertz CT molecular complexity index is 1170. The number of rotatable bonds is 2. The van der Waals surface area contributed by atoms with Crippen LogP contribution in [-0.2, 0) is 6.18 Å². The minimum absolute atomic E-state index is 0.283. The number of nitrogens with zero attached hydrogens (tertiary/aromatic N) is 4. The molecule has 0 aliphatic carbocycles. The van der Waals surface area contributed by atoms with Crippen molar-refractivity contribution < 1.29 is 23.1 Å². The Morgan fingerprint density at radius 3 is 2.62 bits per heavy atom. The standard InChI is InChI=1S/C22H18F3N5O2/c23-22(24,25)14-3-1-2-13(10-14)16-4-5-17-20(28-16)30(18-11-29(17)12-19(18)31)21(32)27-15-6-8-26-9-7-15/h1-10,18-19,31H,11-12H2,(H,26,27,32)/t18-,19?/m1/s1. The SMILES string of the molecule is O=C(Nc1ccncc1)N1c2nc(-c3cccc(C(F)(F)F)c3)ccc2N2CC(O)[C@H]1C2. The van der Waals surface area contributed by atoms with Gasteiger partial charge >= 0.3 is 12.2 Å². The summed E-state index contributed by atoms with van der Waals surface area (Å²) in [5, 5.41) is 13.3. The van der Waals surface area contributed by atoms with Crippen molar-refractivity contribution in [2.24, 2.45) is 0 Å². The van der Waals surface area contributed by atoms with Crippen molar-refractivity contribution >= 4 is 23.2 Å². The van der Waals surface area contributed by atoms with E-state index in [1.165, 1.54) is 29.4 Å². The van der Waals surface area contributed by atoms with Crippen LogP contribution in [0.3, 0.4) is 0 Å². The summed E-state index contributed by atoms with van der Waals surface area (Å²) in [4.78, 5) is 25.0. The van der Waals surface area contributed by atoms with Crippen molar-refractivity contribution in [2.75, 3.05) is 28.2 Å². The zero-order valence-corrected chi connectivity index (χ0v) is 16.6. The molecule has 2 atom stereocenters. The van der Waals surface area contributed by atoms with Gasteiger partial charge in [-0.1, -0.05) is 12.1 Å². The lowest BCUT2D eigenvalue weighted by Crippen LogP contribution is -2.51. The van der Waals surface area contributed by atoms with Gasteiger partial charge in [-0.3, -0.25) is 9.88 Å². The maximum absolute atomic E-state index is 13.2. The summed E-state index contributed by atoms with van der Waals surface area (Å²) in [5.74, 6) is 0.291. The molecule has 4 heterocycles. The average molecular weight is 441 g/mol. The number of hydrogen-bond acceptors (Lipinski definition) is 5. The van der Waals surface area contributed by atoms with Gasteiger partial charge in [0, 0.05) is 36.7 Å². The fourth-order valence-corrected chi connectivity index (χ4v) is 4.12. The highest BCUT2D eigenvalue weighted by Crippen LogP contribution is 2.41. The van der Waals surface area contributed by atoms with E-state index < -0.39 is 29.9 Å². The Labute approximate surface area is 181 Å². The van der Waals surface area contributed by atoms with Crippen molar-refractivity contribution in [1.82, 2.24) is 9.97 Å². The molecule has 1 saturated heterocycles. The van der Waals surface area contributed by atoms with Crippen LogP contribution in [0.5, 0.6) is 0 Å². The number of halogens is 3. The molecule has 2 aliphatic rings. The zero-order chi connectivity index (χ0) is 22.5. The fourth-order valence-electron chi connectivity index (χ4n) is 4.12. The number of hydrogen-bond donors (Lipinski definition) is 2. The van der Waals surface area contributed by atoms with Crippen LogP contribution in [-0.4, -0.2) is 46.3 Å². The number of fused-ring (bicyclic) bond motifs is 4. The topological polar surface area (TPSA) is 81.6 Å². The van der Waals surface area contributed by atoms with Gasteiger partial charge in [-0.05, 0) is 36.4 Å². The maximum atomic E-state index is 13.2. The molecule has 2 bridgehead atoms. The fraction of sp³-hybridized carbons (Fsp3) is 0.227. The summed E-state index contributed by atoms with van der Waals surface area (Å²) in [6.07, 6.45) is -2.19. The Kier molecular flexibility index (Phi) is 4.74. The Balaban J connectivity index is 1.56. The Morgan fingerprint density at radius 2 is 1.88 bits per heavy atom. The molecule has 1 fully saturated rings. The van der Waals surface area contributed by atoms with Crippen LogP contribution in [0.15, 0.2) is 60.9 Å². The summed E-state index contributed by atoms with van der Waals surface area (Å²) < 4.78 is 39.5. The van der Waals surface area contributed by atoms with Crippen LogP contribution in [0.25, 0.3) is 11.3 Å². The average Bonchev–Trinajstić information content (AvgIpc) is 3.10. The third-order valence-corrected chi connectivity index (χ3v) is 5.65. The van der Waals surface area contributed by atoms with Crippen LogP contribution in [0, 0.1) is 0 Å². The first kappa shape index (κ1) is 20.3. The summed E-state index contributed by atoms with van der Waals surface area (Å²) in [6, 6.07) is 10.5. The van der Waals surface area contributed by atoms with E-state index in [1.807, 2.05) is 4.90 Å². The van der Waals surface area contributed by atoms with E-state index in [4.69, 9.17) is 0 Å². The molecule has 2 aliphatic heterocycles. The second kappa shape index (κ2) is 7.49. The van der Waals surface area contributed by atoms with E-state index in [0.29, 0.717) is 36.0 Å². The van der Waals surface area contributed by atoms with E-state index in [9.17, 15) is 23.1 Å². The first-order chi connectivity index (χ1) is 15.3. The number of aliphatic hydroxyl groups excluding tert-OH is 1. The smallest absolute Gasteiger partial charge is 0.389 e. The van der Waals surface area contributed by atoms with Crippen LogP contribution >= 0.6 is 0 Å². The van der Waals surface area contributed by atoms with Crippen molar-refractivity contribution in [1.29, 1.82) is 0 Å². The minimum atomic E-state index is -4.48. The zero-order valence-electron chi connectivity index (χ0n) is 16.6. The van der Waals surface area contributed by atoms with E-state index in [0.717, 1.165) is 12.1 Å². The molecule has 0 radical (unpaired) electrons.